The summed E-state index contributed by atoms with van der Waals surface area (Å²) in [4.78, 5) is 11.6. The third-order valence-electron chi connectivity index (χ3n) is 2.71. The fourth-order valence-electron chi connectivity index (χ4n) is 1.96. The topological polar surface area (TPSA) is 35.1 Å². The van der Waals surface area contributed by atoms with E-state index in [9.17, 15) is 4.79 Å². The van der Waals surface area contributed by atoms with Crippen molar-refractivity contribution in [2.24, 2.45) is 0 Å². The van der Waals surface area contributed by atoms with Crippen molar-refractivity contribution in [3.63, 3.8) is 0 Å². The summed E-state index contributed by atoms with van der Waals surface area (Å²) in [5, 5.41) is 0. The molecule has 0 N–H and O–H groups in total. The summed E-state index contributed by atoms with van der Waals surface area (Å²) < 4.78 is 8.63. The van der Waals surface area contributed by atoms with Gasteiger partial charge in [-0.3, -0.25) is 0 Å². The van der Waals surface area contributed by atoms with Crippen molar-refractivity contribution in [1.82, 2.24) is 8.80 Å². The Hall–Kier alpha value is -2.23. The zero-order chi connectivity index (χ0) is 11.1. The molecule has 0 aliphatic rings. The Labute approximate surface area is 91.7 Å². The standard InChI is InChI=1S/C12H10N2O2/c1-16-12(15)10-5-8-13-7-4-9-3-2-6-14(9)11(10)13/h2-8H,1H3. The molecule has 80 valence electrons. The second-order valence-electron chi connectivity index (χ2n) is 3.57. The second kappa shape index (κ2) is 3.13. The minimum atomic E-state index is -0.316. The first kappa shape index (κ1) is 9.03. The van der Waals surface area contributed by atoms with Gasteiger partial charge in [-0.25, -0.2) is 4.79 Å². The van der Waals surface area contributed by atoms with E-state index in [4.69, 9.17) is 4.74 Å². The molecule has 0 atom stereocenters. The van der Waals surface area contributed by atoms with Crippen molar-refractivity contribution in [2.45, 2.75) is 0 Å². The molecule has 0 saturated carbocycles. The van der Waals surface area contributed by atoms with Gasteiger partial charge < -0.3 is 13.5 Å². The number of hydrogen-bond donors (Lipinski definition) is 0. The summed E-state index contributed by atoms with van der Waals surface area (Å²) in [6, 6.07) is 7.70. The highest BCUT2D eigenvalue weighted by atomic mass is 16.5. The molecule has 0 amide bonds. The number of fused-ring (bicyclic) bond motifs is 3. The van der Waals surface area contributed by atoms with Gasteiger partial charge in [0.05, 0.1) is 7.11 Å². The van der Waals surface area contributed by atoms with Gasteiger partial charge >= 0.3 is 5.97 Å². The molecule has 0 fully saturated rings. The van der Waals surface area contributed by atoms with Crippen LogP contribution in [-0.2, 0) is 4.74 Å². The molecule has 0 saturated heterocycles. The van der Waals surface area contributed by atoms with E-state index in [1.165, 1.54) is 7.11 Å². The molecule has 3 heterocycles. The zero-order valence-corrected chi connectivity index (χ0v) is 8.75. The van der Waals surface area contributed by atoms with Crippen molar-refractivity contribution in [3.8, 4) is 0 Å². The third-order valence-corrected chi connectivity index (χ3v) is 2.71. The smallest absolute Gasteiger partial charge is 0.341 e. The van der Waals surface area contributed by atoms with Crippen LogP contribution < -0.4 is 0 Å². The molecule has 0 bridgehead atoms. The van der Waals surface area contributed by atoms with Crippen molar-refractivity contribution in [3.05, 3.63) is 48.4 Å². The van der Waals surface area contributed by atoms with Gasteiger partial charge in [0.2, 0.25) is 0 Å². The average molecular weight is 214 g/mol. The molecule has 0 aliphatic carbocycles. The minimum absolute atomic E-state index is 0.316. The minimum Gasteiger partial charge on any atom is -0.465 e. The predicted octanol–water partition coefficient (Wildman–Crippen LogP) is 1.98. The summed E-state index contributed by atoms with van der Waals surface area (Å²) in [6.07, 6.45) is 5.70. The molecule has 0 unspecified atom stereocenters. The molecule has 16 heavy (non-hydrogen) atoms. The highest BCUT2D eigenvalue weighted by molar-refractivity contribution is 5.96. The van der Waals surface area contributed by atoms with Crippen molar-refractivity contribution in [1.29, 1.82) is 0 Å². The summed E-state index contributed by atoms with van der Waals surface area (Å²) in [6.45, 7) is 0. The number of carbonyl (C=O) groups excluding carboxylic acids is 1. The Morgan fingerprint density at radius 3 is 2.81 bits per heavy atom. The van der Waals surface area contributed by atoms with Crippen LogP contribution in [0, 0.1) is 0 Å². The third kappa shape index (κ3) is 1.07. The predicted molar refractivity (Wildman–Crippen MR) is 59.7 cm³/mol. The number of hydrogen-bond acceptors (Lipinski definition) is 2. The van der Waals surface area contributed by atoms with Crippen LogP contribution in [0.15, 0.2) is 42.9 Å². The summed E-state index contributed by atoms with van der Waals surface area (Å²) in [7, 11) is 1.39. The van der Waals surface area contributed by atoms with Gasteiger partial charge in [-0.15, -0.1) is 0 Å². The van der Waals surface area contributed by atoms with E-state index >= 15 is 0 Å². The number of nitrogens with zero attached hydrogens (tertiary/aromatic N) is 2. The lowest BCUT2D eigenvalue weighted by atomic mass is 10.3. The zero-order valence-electron chi connectivity index (χ0n) is 8.75. The maximum Gasteiger partial charge on any atom is 0.341 e. The maximum atomic E-state index is 11.6. The average Bonchev–Trinajstić information content (AvgIpc) is 2.92. The van der Waals surface area contributed by atoms with Crippen LogP contribution in [0.2, 0.25) is 0 Å². The lowest BCUT2D eigenvalue weighted by Crippen LogP contribution is -2.03. The lowest BCUT2D eigenvalue weighted by molar-refractivity contribution is 0.0603. The molecular weight excluding hydrogens is 204 g/mol. The van der Waals surface area contributed by atoms with Crippen LogP contribution in [0.4, 0.5) is 0 Å². The summed E-state index contributed by atoms with van der Waals surface area (Å²) in [5.41, 5.74) is 2.45. The maximum absolute atomic E-state index is 11.6. The van der Waals surface area contributed by atoms with E-state index in [1.807, 2.05) is 45.6 Å². The number of aromatic nitrogens is 2. The second-order valence-corrected chi connectivity index (χ2v) is 3.57. The van der Waals surface area contributed by atoms with Gasteiger partial charge in [0.15, 0.2) is 0 Å². The van der Waals surface area contributed by atoms with Crippen LogP contribution in [0.5, 0.6) is 0 Å². The van der Waals surface area contributed by atoms with Gasteiger partial charge in [-0.1, -0.05) is 0 Å². The van der Waals surface area contributed by atoms with Crippen LogP contribution in [0.25, 0.3) is 11.2 Å². The molecule has 3 aromatic rings. The van der Waals surface area contributed by atoms with E-state index in [2.05, 4.69) is 0 Å². The highest BCUT2D eigenvalue weighted by Crippen LogP contribution is 2.16. The van der Waals surface area contributed by atoms with Crippen molar-refractivity contribution in [2.75, 3.05) is 7.11 Å². The molecule has 3 rings (SSSR count). The van der Waals surface area contributed by atoms with Crippen LogP contribution in [-0.4, -0.2) is 21.9 Å². The molecule has 3 aromatic heterocycles. The van der Waals surface area contributed by atoms with Gasteiger partial charge in [0.25, 0.3) is 0 Å². The fraction of sp³-hybridized carbons (Fsp3) is 0.0833. The lowest BCUT2D eigenvalue weighted by Gasteiger charge is -2.02. The Morgan fingerprint density at radius 2 is 2.00 bits per heavy atom. The van der Waals surface area contributed by atoms with E-state index in [0.717, 1.165) is 11.2 Å². The quantitative estimate of drug-likeness (QED) is 0.580. The van der Waals surface area contributed by atoms with Crippen LogP contribution in [0.1, 0.15) is 10.4 Å². The number of carbonyl (C=O) groups is 1. The van der Waals surface area contributed by atoms with Crippen LogP contribution in [0.3, 0.4) is 0 Å². The molecule has 4 nitrogen and oxygen atoms in total. The molecular formula is C12H10N2O2. The first-order chi connectivity index (χ1) is 7.81. The number of rotatable bonds is 1. The Morgan fingerprint density at radius 1 is 1.19 bits per heavy atom. The first-order valence-electron chi connectivity index (χ1n) is 4.96. The van der Waals surface area contributed by atoms with Gasteiger partial charge in [-0.05, 0) is 24.3 Å². The molecule has 0 spiro atoms. The SMILES string of the molecule is COC(=O)c1ccn2ccc3cccn3c12. The largest absolute Gasteiger partial charge is 0.465 e. The van der Waals surface area contributed by atoms with Gasteiger partial charge in [0, 0.05) is 24.1 Å². The van der Waals surface area contributed by atoms with Crippen molar-refractivity contribution < 1.29 is 9.53 Å². The van der Waals surface area contributed by atoms with Crippen LogP contribution >= 0.6 is 0 Å². The molecule has 0 aromatic carbocycles. The Kier molecular flexibility index (Phi) is 1.77. The van der Waals surface area contributed by atoms with E-state index in [1.54, 1.807) is 6.07 Å². The van der Waals surface area contributed by atoms with Crippen molar-refractivity contribution >= 4 is 17.1 Å². The van der Waals surface area contributed by atoms with Gasteiger partial charge in [0.1, 0.15) is 11.2 Å². The number of methoxy groups -OCH3 is 1. The molecule has 0 aliphatic heterocycles. The highest BCUT2D eigenvalue weighted by Gasteiger charge is 2.13. The monoisotopic (exact) mass is 214 g/mol. The van der Waals surface area contributed by atoms with E-state index in [-0.39, 0.29) is 5.97 Å². The normalized spacial score (nSPS) is 11.1. The van der Waals surface area contributed by atoms with Gasteiger partial charge in [-0.2, -0.15) is 0 Å². The summed E-state index contributed by atoms with van der Waals surface area (Å²) in [5.74, 6) is -0.316. The van der Waals surface area contributed by atoms with E-state index in [0.29, 0.717) is 5.56 Å². The Bertz CT molecular complexity index is 679. The molecule has 4 heteroatoms. The first-order valence-corrected chi connectivity index (χ1v) is 4.96. The number of esters is 1. The Balaban J connectivity index is 2.45. The summed E-state index contributed by atoms with van der Waals surface area (Å²) >= 11 is 0. The molecule has 0 radical (unpaired) electrons. The van der Waals surface area contributed by atoms with E-state index < -0.39 is 0 Å². The number of ether oxygens (including phenoxy) is 1. The fourth-order valence-corrected chi connectivity index (χ4v) is 1.96.